The van der Waals surface area contributed by atoms with Crippen LogP contribution in [-0.4, -0.2) is 52.1 Å². The van der Waals surface area contributed by atoms with Crippen LogP contribution in [0.25, 0.3) is 0 Å². The van der Waals surface area contributed by atoms with Crippen molar-refractivity contribution < 1.29 is 9.47 Å². The summed E-state index contributed by atoms with van der Waals surface area (Å²) in [5, 5.41) is 6.86. The van der Waals surface area contributed by atoms with E-state index in [4.69, 9.17) is 9.47 Å². The molecule has 1 fully saturated rings. The van der Waals surface area contributed by atoms with Crippen molar-refractivity contribution in [3.8, 4) is 0 Å². The van der Waals surface area contributed by atoms with Gasteiger partial charge in [0.05, 0.1) is 13.2 Å². The highest BCUT2D eigenvalue weighted by molar-refractivity contribution is 4.85. The number of hydrogen-bond acceptors (Lipinski definition) is 4. The van der Waals surface area contributed by atoms with E-state index in [1.54, 1.807) is 7.11 Å². The highest BCUT2D eigenvalue weighted by atomic mass is 16.5. The highest BCUT2D eigenvalue weighted by Gasteiger charge is 2.26. The monoisotopic (exact) mass is 216 g/mol. The van der Waals surface area contributed by atoms with Crippen molar-refractivity contribution >= 4 is 0 Å². The number of ether oxygens (including phenoxy) is 2. The molecular formula is C11H24N2O2. The molecule has 1 unspecified atom stereocenters. The molecule has 1 aliphatic heterocycles. The van der Waals surface area contributed by atoms with Crippen LogP contribution in [0.5, 0.6) is 0 Å². The Morgan fingerprint density at radius 1 is 1.33 bits per heavy atom. The van der Waals surface area contributed by atoms with E-state index in [9.17, 15) is 0 Å². The fraction of sp³-hybridized carbons (Fsp3) is 1.00. The Morgan fingerprint density at radius 3 is 2.87 bits per heavy atom. The van der Waals surface area contributed by atoms with E-state index in [2.05, 4.69) is 17.6 Å². The zero-order valence-electron chi connectivity index (χ0n) is 9.97. The molecule has 2 N–H and O–H groups in total. The van der Waals surface area contributed by atoms with Gasteiger partial charge < -0.3 is 20.1 Å². The molecule has 1 rings (SSSR count). The number of hydrogen-bond donors (Lipinski definition) is 2. The molecule has 90 valence electrons. The molecule has 0 bridgehead atoms. The fourth-order valence-corrected chi connectivity index (χ4v) is 1.83. The van der Waals surface area contributed by atoms with Gasteiger partial charge in [0.2, 0.25) is 0 Å². The third kappa shape index (κ3) is 5.47. The first-order valence-corrected chi connectivity index (χ1v) is 5.79. The van der Waals surface area contributed by atoms with Crippen molar-refractivity contribution in [2.24, 2.45) is 0 Å². The van der Waals surface area contributed by atoms with Crippen LogP contribution in [0.3, 0.4) is 0 Å². The summed E-state index contributed by atoms with van der Waals surface area (Å²) >= 11 is 0. The molecule has 1 aliphatic rings. The molecule has 0 radical (unpaired) electrons. The molecule has 15 heavy (non-hydrogen) atoms. The van der Waals surface area contributed by atoms with E-state index in [-0.39, 0.29) is 5.54 Å². The summed E-state index contributed by atoms with van der Waals surface area (Å²) in [5.74, 6) is 0. The third-order valence-electron chi connectivity index (χ3n) is 2.77. The minimum atomic E-state index is 0.182. The van der Waals surface area contributed by atoms with Gasteiger partial charge in [0.1, 0.15) is 0 Å². The Hall–Kier alpha value is -0.160. The van der Waals surface area contributed by atoms with Crippen molar-refractivity contribution in [3.63, 3.8) is 0 Å². The third-order valence-corrected chi connectivity index (χ3v) is 2.77. The zero-order valence-corrected chi connectivity index (χ0v) is 9.97. The topological polar surface area (TPSA) is 42.5 Å². The Kier molecular flexibility index (Phi) is 6.17. The van der Waals surface area contributed by atoms with Crippen molar-refractivity contribution in [1.82, 2.24) is 10.6 Å². The van der Waals surface area contributed by atoms with Gasteiger partial charge >= 0.3 is 0 Å². The minimum absolute atomic E-state index is 0.182. The van der Waals surface area contributed by atoms with Gasteiger partial charge in [-0.3, -0.25) is 0 Å². The first kappa shape index (κ1) is 12.9. The highest BCUT2D eigenvalue weighted by Crippen LogP contribution is 2.17. The van der Waals surface area contributed by atoms with Gasteiger partial charge in [0, 0.05) is 38.9 Å². The second kappa shape index (κ2) is 7.17. The van der Waals surface area contributed by atoms with Crippen molar-refractivity contribution in [1.29, 1.82) is 0 Å². The van der Waals surface area contributed by atoms with Gasteiger partial charge in [0.25, 0.3) is 0 Å². The number of rotatable bonds is 7. The van der Waals surface area contributed by atoms with E-state index in [0.717, 1.165) is 39.5 Å². The van der Waals surface area contributed by atoms with Crippen molar-refractivity contribution in [2.75, 3.05) is 46.6 Å². The molecule has 4 heteroatoms. The summed E-state index contributed by atoms with van der Waals surface area (Å²) < 4.78 is 10.4. The predicted molar refractivity (Wildman–Crippen MR) is 61.2 cm³/mol. The maximum atomic E-state index is 5.48. The van der Waals surface area contributed by atoms with Crippen molar-refractivity contribution in [3.05, 3.63) is 0 Å². The van der Waals surface area contributed by atoms with Gasteiger partial charge in [-0.1, -0.05) is 0 Å². The van der Waals surface area contributed by atoms with Crippen LogP contribution < -0.4 is 10.6 Å². The lowest BCUT2D eigenvalue weighted by Gasteiger charge is -2.34. The summed E-state index contributed by atoms with van der Waals surface area (Å²) in [4.78, 5) is 0. The lowest BCUT2D eigenvalue weighted by Crippen LogP contribution is -2.50. The first-order chi connectivity index (χ1) is 7.27. The Labute approximate surface area is 92.7 Å². The molecule has 0 amide bonds. The molecule has 0 aromatic heterocycles. The maximum absolute atomic E-state index is 5.48. The van der Waals surface area contributed by atoms with E-state index in [1.165, 1.54) is 12.8 Å². The van der Waals surface area contributed by atoms with E-state index in [0.29, 0.717) is 0 Å². The fourth-order valence-electron chi connectivity index (χ4n) is 1.83. The summed E-state index contributed by atoms with van der Waals surface area (Å²) in [7, 11) is 1.72. The standard InChI is InChI=1S/C11H24N2O2/c1-11(4-3-8-15-10-11)13-6-5-12-7-9-14-2/h12-13H,3-10H2,1-2H3. The van der Waals surface area contributed by atoms with Crippen LogP contribution in [0.2, 0.25) is 0 Å². The summed E-state index contributed by atoms with van der Waals surface area (Å²) in [6.07, 6.45) is 2.38. The molecule has 0 spiro atoms. The largest absolute Gasteiger partial charge is 0.383 e. The van der Waals surface area contributed by atoms with Crippen molar-refractivity contribution in [2.45, 2.75) is 25.3 Å². The number of methoxy groups -OCH3 is 1. The van der Waals surface area contributed by atoms with E-state index in [1.807, 2.05) is 0 Å². The molecule has 0 saturated carbocycles. The Balaban J connectivity index is 1.98. The average Bonchev–Trinajstić information content (AvgIpc) is 2.24. The summed E-state index contributed by atoms with van der Waals surface area (Å²) in [6.45, 7) is 7.67. The van der Waals surface area contributed by atoms with E-state index < -0.39 is 0 Å². The van der Waals surface area contributed by atoms with Gasteiger partial charge in [-0.2, -0.15) is 0 Å². The summed E-state index contributed by atoms with van der Waals surface area (Å²) in [6, 6.07) is 0. The molecule has 4 nitrogen and oxygen atoms in total. The smallest absolute Gasteiger partial charge is 0.0645 e. The molecule has 0 aromatic carbocycles. The SMILES string of the molecule is COCCNCCNC1(C)CCCOC1. The van der Waals surface area contributed by atoms with Crippen LogP contribution in [-0.2, 0) is 9.47 Å². The van der Waals surface area contributed by atoms with Crippen LogP contribution in [0.15, 0.2) is 0 Å². The molecule has 1 atom stereocenters. The lowest BCUT2D eigenvalue weighted by molar-refractivity contribution is 0.0289. The van der Waals surface area contributed by atoms with Crippen LogP contribution in [0.1, 0.15) is 19.8 Å². The lowest BCUT2D eigenvalue weighted by atomic mass is 9.95. The van der Waals surface area contributed by atoms with E-state index >= 15 is 0 Å². The van der Waals surface area contributed by atoms with Crippen LogP contribution in [0, 0.1) is 0 Å². The van der Waals surface area contributed by atoms with Gasteiger partial charge in [-0.15, -0.1) is 0 Å². The minimum Gasteiger partial charge on any atom is -0.383 e. The molecule has 1 heterocycles. The summed E-state index contributed by atoms with van der Waals surface area (Å²) in [5.41, 5.74) is 0.182. The quantitative estimate of drug-likeness (QED) is 0.604. The maximum Gasteiger partial charge on any atom is 0.0645 e. The molecule has 1 saturated heterocycles. The predicted octanol–water partition coefficient (Wildman–Crippen LogP) is 0.381. The number of nitrogens with one attached hydrogen (secondary N) is 2. The molecular weight excluding hydrogens is 192 g/mol. The molecule has 0 aliphatic carbocycles. The van der Waals surface area contributed by atoms with Gasteiger partial charge in [0.15, 0.2) is 0 Å². The van der Waals surface area contributed by atoms with Gasteiger partial charge in [-0.25, -0.2) is 0 Å². The second-order valence-electron chi connectivity index (χ2n) is 4.39. The zero-order chi connectivity index (χ0) is 11.0. The Morgan fingerprint density at radius 2 is 2.20 bits per heavy atom. The first-order valence-electron chi connectivity index (χ1n) is 5.79. The average molecular weight is 216 g/mol. The molecule has 0 aromatic rings. The van der Waals surface area contributed by atoms with Crippen LogP contribution in [0.4, 0.5) is 0 Å². The van der Waals surface area contributed by atoms with Gasteiger partial charge in [-0.05, 0) is 19.8 Å². The van der Waals surface area contributed by atoms with Crippen LogP contribution >= 0.6 is 0 Å². The Bertz CT molecular complexity index is 159. The second-order valence-corrected chi connectivity index (χ2v) is 4.39. The normalized spacial score (nSPS) is 26.8.